The van der Waals surface area contributed by atoms with Gasteiger partial charge in [-0.2, -0.15) is 0 Å². The number of guanidine groups is 1. The van der Waals surface area contributed by atoms with Crippen molar-refractivity contribution in [3.8, 4) is 0 Å². The molecule has 0 spiro atoms. The van der Waals surface area contributed by atoms with Crippen molar-refractivity contribution >= 4 is 11.9 Å². The summed E-state index contributed by atoms with van der Waals surface area (Å²) in [6, 6.07) is 0.357. The molecule has 7 N–H and O–H groups in total. The Labute approximate surface area is 176 Å². The van der Waals surface area contributed by atoms with E-state index in [4.69, 9.17) is 16.9 Å². The molecule has 2 fully saturated rings. The van der Waals surface area contributed by atoms with Crippen LogP contribution in [-0.4, -0.2) is 47.7 Å². The summed E-state index contributed by atoms with van der Waals surface area (Å²) in [4.78, 5) is 14.3. The molecule has 2 aliphatic rings. The fraction of sp³-hybridized carbons (Fsp3) is 0.909. The molecule has 2 saturated carbocycles. The molecule has 4 atom stereocenters. The summed E-state index contributed by atoms with van der Waals surface area (Å²) in [7, 11) is 1.62. The van der Waals surface area contributed by atoms with E-state index in [9.17, 15) is 9.90 Å². The maximum Gasteiger partial charge on any atom is 0.232 e. The number of carbonyl (C=O) groups excluding carboxylic acids is 1. The maximum absolute atomic E-state index is 13.0. The SMILES string of the molecule is CN(C(=N)N)C(=O)[C@H](CCCC1CCCCC1)CC1CCC[C@H](NCC(N)O)C1. The largest absolute Gasteiger partial charge is 0.377 e. The van der Waals surface area contributed by atoms with Gasteiger partial charge < -0.3 is 21.9 Å². The minimum absolute atomic E-state index is 0.00592. The number of nitrogens with zero attached hydrogens (tertiary/aromatic N) is 1. The summed E-state index contributed by atoms with van der Waals surface area (Å²) in [5.41, 5.74) is 11.0. The molecule has 0 aromatic heterocycles. The van der Waals surface area contributed by atoms with E-state index in [1.54, 1.807) is 7.05 Å². The van der Waals surface area contributed by atoms with Crippen LogP contribution in [0.1, 0.15) is 83.5 Å². The normalized spacial score (nSPS) is 25.3. The van der Waals surface area contributed by atoms with Crippen LogP contribution in [0.3, 0.4) is 0 Å². The van der Waals surface area contributed by atoms with E-state index in [0.717, 1.165) is 50.9 Å². The van der Waals surface area contributed by atoms with Crippen LogP contribution < -0.4 is 16.8 Å². The van der Waals surface area contributed by atoms with E-state index in [-0.39, 0.29) is 17.8 Å². The Hall–Kier alpha value is -1.18. The second kappa shape index (κ2) is 12.5. The molecule has 0 radical (unpaired) electrons. The molecule has 0 bridgehead atoms. The number of hydrogen-bond donors (Lipinski definition) is 5. The van der Waals surface area contributed by atoms with Crippen LogP contribution in [-0.2, 0) is 4.79 Å². The Bertz CT molecular complexity index is 507. The second-order valence-corrected chi connectivity index (χ2v) is 9.36. The Kier molecular flexibility index (Phi) is 10.4. The van der Waals surface area contributed by atoms with Gasteiger partial charge in [0.1, 0.15) is 6.23 Å². The molecule has 1 amide bonds. The van der Waals surface area contributed by atoms with E-state index in [2.05, 4.69) is 5.32 Å². The van der Waals surface area contributed by atoms with E-state index < -0.39 is 6.23 Å². The number of rotatable bonds is 10. The maximum atomic E-state index is 13.0. The summed E-state index contributed by atoms with van der Waals surface area (Å²) in [6.45, 7) is 0.411. The second-order valence-electron chi connectivity index (χ2n) is 9.36. The number of aliphatic hydroxyl groups excluding tert-OH is 1. The quantitative estimate of drug-likeness (QED) is 0.215. The molecular formula is C22H43N5O2. The predicted molar refractivity (Wildman–Crippen MR) is 117 cm³/mol. The molecule has 0 aromatic rings. The average Bonchev–Trinajstić information content (AvgIpc) is 2.71. The average molecular weight is 410 g/mol. The third-order valence-corrected chi connectivity index (χ3v) is 6.95. The van der Waals surface area contributed by atoms with Crippen molar-refractivity contribution in [2.75, 3.05) is 13.6 Å². The van der Waals surface area contributed by atoms with Crippen molar-refractivity contribution in [1.29, 1.82) is 5.41 Å². The lowest BCUT2D eigenvalue weighted by Gasteiger charge is -2.33. The van der Waals surface area contributed by atoms with Crippen molar-refractivity contribution in [3.63, 3.8) is 0 Å². The molecule has 0 aliphatic heterocycles. The van der Waals surface area contributed by atoms with E-state index in [1.165, 1.54) is 43.4 Å². The summed E-state index contributed by atoms with van der Waals surface area (Å²) in [6.07, 6.45) is 14.4. The number of nitrogens with two attached hydrogens (primary N) is 2. The first-order chi connectivity index (χ1) is 13.9. The van der Waals surface area contributed by atoms with Gasteiger partial charge in [-0.1, -0.05) is 57.8 Å². The van der Waals surface area contributed by atoms with E-state index in [0.29, 0.717) is 18.5 Å². The van der Waals surface area contributed by atoms with Crippen LogP contribution in [0.15, 0.2) is 0 Å². The highest BCUT2D eigenvalue weighted by Gasteiger charge is 2.30. The minimum Gasteiger partial charge on any atom is -0.377 e. The number of nitrogens with one attached hydrogen (secondary N) is 2. The van der Waals surface area contributed by atoms with Gasteiger partial charge in [0, 0.05) is 25.6 Å². The highest BCUT2D eigenvalue weighted by atomic mass is 16.3. The highest BCUT2D eigenvalue weighted by molar-refractivity contribution is 5.95. The lowest BCUT2D eigenvalue weighted by Crippen LogP contribution is -2.43. The van der Waals surface area contributed by atoms with Gasteiger partial charge in [0.2, 0.25) is 5.91 Å². The zero-order valence-electron chi connectivity index (χ0n) is 18.2. The van der Waals surface area contributed by atoms with Crippen molar-refractivity contribution in [3.05, 3.63) is 0 Å². The third-order valence-electron chi connectivity index (χ3n) is 6.95. The highest BCUT2D eigenvalue weighted by Crippen LogP contribution is 2.33. The van der Waals surface area contributed by atoms with Crippen LogP contribution in [0, 0.1) is 23.2 Å². The molecule has 2 rings (SSSR count). The molecule has 7 heteroatoms. The lowest BCUT2D eigenvalue weighted by atomic mass is 9.78. The van der Waals surface area contributed by atoms with Crippen LogP contribution >= 0.6 is 0 Å². The first-order valence-corrected chi connectivity index (χ1v) is 11.7. The summed E-state index contributed by atoms with van der Waals surface area (Å²) in [5.74, 6) is 1.08. The van der Waals surface area contributed by atoms with Crippen molar-refractivity contribution in [1.82, 2.24) is 10.2 Å². The van der Waals surface area contributed by atoms with Crippen LogP contribution in [0.5, 0.6) is 0 Å². The van der Waals surface area contributed by atoms with Crippen LogP contribution in [0.4, 0.5) is 0 Å². The number of aliphatic hydroxyl groups is 1. The van der Waals surface area contributed by atoms with E-state index >= 15 is 0 Å². The Balaban J connectivity index is 1.89. The third kappa shape index (κ3) is 8.60. The zero-order valence-corrected chi connectivity index (χ0v) is 18.2. The lowest BCUT2D eigenvalue weighted by molar-refractivity contribution is -0.131. The molecular weight excluding hydrogens is 366 g/mol. The fourth-order valence-electron chi connectivity index (χ4n) is 5.24. The smallest absolute Gasteiger partial charge is 0.232 e. The molecule has 2 unspecified atom stereocenters. The standard InChI is InChI=1S/C22H43N5O2/c1-27(22(24)25)21(29)18(11-5-9-16-7-3-2-4-8-16)13-17-10-6-12-19(14-17)26-15-20(23)28/h16-20,26,28H,2-15,23H2,1H3,(H3,24,25)/t17?,18-,19+,20?/m1/s1. The van der Waals surface area contributed by atoms with Crippen molar-refractivity contribution in [2.45, 2.75) is 95.7 Å². The first-order valence-electron chi connectivity index (χ1n) is 11.7. The molecule has 168 valence electrons. The van der Waals surface area contributed by atoms with Gasteiger partial charge in [0.05, 0.1) is 0 Å². The topological polar surface area (TPSA) is 128 Å². The van der Waals surface area contributed by atoms with Crippen LogP contribution in [0.2, 0.25) is 0 Å². The van der Waals surface area contributed by atoms with Crippen LogP contribution in [0.25, 0.3) is 0 Å². The number of amides is 1. The zero-order chi connectivity index (χ0) is 21.2. The summed E-state index contributed by atoms with van der Waals surface area (Å²) >= 11 is 0. The van der Waals surface area contributed by atoms with Gasteiger partial charge in [0.25, 0.3) is 0 Å². The fourth-order valence-corrected chi connectivity index (χ4v) is 5.24. The Morgan fingerprint density at radius 3 is 2.52 bits per heavy atom. The van der Waals surface area contributed by atoms with Gasteiger partial charge in [-0.3, -0.25) is 15.1 Å². The Morgan fingerprint density at radius 1 is 1.17 bits per heavy atom. The van der Waals surface area contributed by atoms with Gasteiger partial charge in [0.15, 0.2) is 5.96 Å². The molecule has 0 saturated heterocycles. The van der Waals surface area contributed by atoms with Crippen molar-refractivity contribution < 1.29 is 9.90 Å². The van der Waals surface area contributed by atoms with Gasteiger partial charge in [-0.05, 0) is 37.5 Å². The summed E-state index contributed by atoms with van der Waals surface area (Å²) in [5, 5.41) is 20.3. The van der Waals surface area contributed by atoms with Crippen molar-refractivity contribution in [2.24, 2.45) is 29.2 Å². The monoisotopic (exact) mass is 409 g/mol. The minimum atomic E-state index is -0.825. The molecule has 0 aromatic carbocycles. The number of carbonyl (C=O) groups is 1. The Morgan fingerprint density at radius 2 is 1.86 bits per heavy atom. The van der Waals surface area contributed by atoms with Gasteiger partial charge >= 0.3 is 0 Å². The van der Waals surface area contributed by atoms with Gasteiger partial charge in [-0.15, -0.1) is 0 Å². The predicted octanol–water partition coefficient (Wildman–Crippen LogP) is 2.52. The van der Waals surface area contributed by atoms with Gasteiger partial charge in [-0.25, -0.2) is 0 Å². The molecule has 29 heavy (non-hydrogen) atoms. The molecule has 2 aliphatic carbocycles. The first kappa shape index (κ1) is 24.1. The summed E-state index contributed by atoms with van der Waals surface area (Å²) < 4.78 is 0. The molecule has 7 nitrogen and oxygen atoms in total. The number of hydrogen-bond acceptors (Lipinski definition) is 5. The van der Waals surface area contributed by atoms with E-state index in [1.807, 2.05) is 0 Å². The molecule has 0 heterocycles.